The van der Waals surface area contributed by atoms with Crippen molar-refractivity contribution in [2.45, 2.75) is 0 Å². The van der Waals surface area contributed by atoms with Crippen molar-refractivity contribution >= 4 is 7.32 Å². The predicted molar refractivity (Wildman–Crippen MR) is 63.7 cm³/mol. The second-order valence-electron chi connectivity index (χ2n) is 3.54. The highest BCUT2D eigenvalue weighted by molar-refractivity contribution is 6.35. The molecule has 1 N–H and O–H groups in total. The molecule has 19 heavy (non-hydrogen) atoms. The van der Waals surface area contributed by atoms with Crippen molar-refractivity contribution in [2.75, 3.05) is 0 Å². The standard InChI is InChI=1S/C12H9BF2O4/c14-9-2-1-3-12(8-9)17-10-4-6-11(7-5-10)18-13(16)19-15/h1-8,16H. The summed E-state index contributed by atoms with van der Waals surface area (Å²) in [6.45, 7) is 0. The quantitative estimate of drug-likeness (QED) is 0.845. The Balaban J connectivity index is 2.02. The lowest BCUT2D eigenvalue weighted by molar-refractivity contribution is -0.0527. The van der Waals surface area contributed by atoms with Gasteiger partial charge in [-0.3, -0.25) is 0 Å². The predicted octanol–water partition coefficient (Wildman–Crippen LogP) is 2.88. The van der Waals surface area contributed by atoms with Gasteiger partial charge in [-0.15, -0.1) is 0 Å². The summed E-state index contributed by atoms with van der Waals surface area (Å²) < 4.78 is 34.5. The maximum Gasteiger partial charge on any atom is 0.743 e. The third-order valence-electron chi connectivity index (χ3n) is 2.17. The summed E-state index contributed by atoms with van der Waals surface area (Å²) in [6, 6.07) is 11.6. The van der Waals surface area contributed by atoms with E-state index in [0.29, 0.717) is 11.5 Å². The van der Waals surface area contributed by atoms with Crippen LogP contribution in [-0.2, 0) is 4.86 Å². The van der Waals surface area contributed by atoms with Crippen LogP contribution in [0.2, 0.25) is 0 Å². The molecule has 2 aromatic rings. The zero-order valence-corrected chi connectivity index (χ0v) is 9.62. The molecule has 0 saturated carbocycles. The molecule has 0 aromatic heterocycles. The first-order chi connectivity index (χ1) is 9.17. The van der Waals surface area contributed by atoms with E-state index in [1.807, 2.05) is 0 Å². The molecule has 0 aliphatic rings. The lowest BCUT2D eigenvalue weighted by Gasteiger charge is -2.08. The van der Waals surface area contributed by atoms with Crippen molar-refractivity contribution in [3.05, 3.63) is 54.3 Å². The Bertz CT molecular complexity index is 536. The van der Waals surface area contributed by atoms with Gasteiger partial charge in [0, 0.05) is 6.07 Å². The largest absolute Gasteiger partial charge is 0.743 e. The highest BCUT2D eigenvalue weighted by Gasteiger charge is 2.18. The average molecular weight is 266 g/mol. The van der Waals surface area contributed by atoms with Crippen LogP contribution < -0.4 is 9.39 Å². The van der Waals surface area contributed by atoms with Gasteiger partial charge in [0.1, 0.15) is 23.1 Å². The maximum absolute atomic E-state index is 12.9. The molecule has 2 rings (SSSR count). The van der Waals surface area contributed by atoms with Crippen LogP contribution in [0.4, 0.5) is 8.92 Å². The normalized spacial score (nSPS) is 10.1. The molecular weight excluding hydrogens is 257 g/mol. The number of benzene rings is 2. The highest BCUT2D eigenvalue weighted by atomic mass is 19.3. The van der Waals surface area contributed by atoms with E-state index in [2.05, 4.69) is 9.51 Å². The molecule has 4 nitrogen and oxygen atoms in total. The second kappa shape index (κ2) is 6.17. The maximum atomic E-state index is 12.9. The molecule has 0 aliphatic carbocycles. The van der Waals surface area contributed by atoms with Crippen LogP contribution in [0.5, 0.6) is 17.2 Å². The molecule has 0 saturated heterocycles. The van der Waals surface area contributed by atoms with Gasteiger partial charge in [0.25, 0.3) is 0 Å². The average Bonchev–Trinajstić information content (AvgIpc) is 2.41. The van der Waals surface area contributed by atoms with Gasteiger partial charge in [0.2, 0.25) is 0 Å². The Labute approximate surface area is 108 Å². The van der Waals surface area contributed by atoms with Gasteiger partial charge in [0.05, 0.1) is 0 Å². The minimum Gasteiger partial charge on any atom is -0.510 e. The zero-order chi connectivity index (χ0) is 13.7. The molecule has 0 spiro atoms. The fourth-order valence-electron chi connectivity index (χ4n) is 1.39. The topological polar surface area (TPSA) is 47.9 Å². The van der Waals surface area contributed by atoms with Gasteiger partial charge >= 0.3 is 7.32 Å². The van der Waals surface area contributed by atoms with Gasteiger partial charge in [-0.25, -0.2) is 4.39 Å². The van der Waals surface area contributed by atoms with Gasteiger partial charge in [-0.05, 0) is 36.4 Å². The molecule has 0 aliphatic heterocycles. The van der Waals surface area contributed by atoms with E-state index in [1.165, 1.54) is 42.5 Å². The Morgan fingerprint density at radius 3 is 2.26 bits per heavy atom. The molecule has 7 heteroatoms. The molecule has 0 heterocycles. The van der Waals surface area contributed by atoms with Crippen LogP contribution in [0, 0.1) is 5.82 Å². The third kappa shape index (κ3) is 3.94. The highest BCUT2D eigenvalue weighted by Crippen LogP contribution is 2.24. The summed E-state index contributed by atoms with van der Waals surface area (Å²) >= 11 is 0. The van der Waals surface area contributed by atoms with Gasteiger partial charge in [-0.1, -0.05) is 10.6 Å². The first kappa shape index (κ1) is 13.3. The molecule has 0 fully saturated rings. The Morgan fingerprint density at radius 1 is 0.947 bits per heavy atom. The minimum absolute atomic E-state index is 0.191. The van der Waals surface area contributed by atoms with E-state index < -0.39 is 13.1 Å². The van der Waals surface area contributed by atoms with Crippen molar-refractivity contribution < 1.29 is 28.2 Å². The van der Waals surface area contributed by atoms with Crippen LogP contribution >= 0.6 is 0 Å². The van der Waals surface area contributed by atoms with Crippen LogP contribution in [0.3, 0.4) is 0 Å². The first-order valence-electron chi connectivity index (χ1n) is 5.33. The van der Waals surface area contributed by atoms with Gasteiger partial charge < -0.3 is 14.4 Å². The second-order valence-corrected chi connectivity index (χ2v) is 3.54. The van der Waals surface area contributed by atoms with E-state index in [4.69, 9.17) is 9.76 Å². The fraction of sp³-hybridized carbons (Fsp3) is 0. The Kier molecular flexibility index (Phi) is 4.32. The number of rotatable bonds is 5. The molecule has 0 radical (unpaired) electrons. The summed E-state index contributed by atoms with van der Waals surface area (Å²) in [6.07, 6.45) is 0. The van der Waals surface area contributed by atoms with E-state index >= 15 is 0 Å². The van der Waals surface area contributed by atoms with E-state index in [0.717, 1.165) is 0 Å². The zero-order valence-electron chi connectivity index (χ0n) is 9.62. The van der Waals surface area contributed by atoms with Crippen molar-refractivity contribution in [3.8, 4) is 17.2 Å². The molecule has 0 atom stereocenters. The molecular formula is C12H9BF2O4. The summed E-state index contributed by atoms with van der Waals surface area (Å²) in [5.41, 5.74) is 0. The van der Waals surface area contributed by atoms with Crippen molar-refractivity contribution in [3.63, 3.8) is 0 Å². The van der Waals surface area contributed by atoms with E-state index in [9.17, 15) is 8.92 Å². The minimum atomic E-state index is -1.98. The summed E-state index contributed by atoms with van der Waals surface area (Å²) in [7, 11) is -1.98. The Morgan fingerprint density at radius 2 is 1.63 bits per heavy atom. The summed E-state index contributed by atoms with van der Waals surface area (Å²) in [4.78, 5) is 3.05. The van der Waals surface area contributed by atoms with Crippen molar-refractivity contribution in [2.24, 2.45) is 0 Å². The van der Waals surface area contributed by atoms with Gasteiger partial charge in [-0.2, -0.15) is 4.86 Å². The molecule has 98 valence electrons. The molecule has 2 aromatic carbocycles. The van der Waals surface area contributed by atoms with Crippen molar-refractivity contribution in [1.82, 2.24) is 0 Å². The molecule has 0 amide bonds. The first-order valence-corrected chi connectivity index (χ1v) is 5.33. The Hall–Kier alpha value is -2.12. The van der Waals surface area contributed by atoms with E-state index in [1.54, 1.807) is 6.07 Å². The number of halogens is 2. The monoisotopic (exact) mass is 266 g/mol. The van der Waals surface area contributed by atoms with Gasteiger partial charge in [0.15, 0.2) is 0 Å². The third-order valence-corrected chi connectivity index (χ3v) is 2.17. The number of hydrogen-bond acceptors (Lipinski definition) is 4. The lowest BCUT2D eigenvalue weighted by atomic mass is 10.2. The fourth-order valence-corrected chi connectivity index (χ4v) is 1.39. The van der Waals surface area contributed by atoms with Crippen LogP contribution in [0.1, 0.15) is 0 Å². The number of hydrogen-bond donors (Lipinski definition) is 1. The van der Waals surface area contributed by atoms with Crippen molar-refractivity contribution in [1.29, 1.82) is 0 Å². The number of ether oxygens (including phenoxy) is 1. The SMILES string of the molecule is OB(OF)Oc1ccc(Oc2cccc(F)c2)cc1. The lowest BCUT2D eigenvalue weighted by Crippen LogP contribution is -2.22. The smallest absolute Gasteiger partial charge is 0.510 e. The van der Waals surface area contributed by atoms with Crippen LogP contribution in [0.25, 0.3) is 0 Å². The molecule has 0 unspecified atom stereocenters. The summed E-state index contributed by atoms with van der Waals surface area (Å²) in [5.74, 6) is 0.576. The molecule has 0 bridgehead atoms. The van der Waals surface area contributed by atoms with Crippen LogP contribution in [-0.4, -0.2) is 12.3 Å². The van der Waals surface area contributed by atoms with E-state index in [-0.39, 0.29) is 5.75 Å². The summed E-state index contributed by atoms with van der Waals surface area (Å²) in [5, 5.41) is 8.75. The van der Waals surface area contributed by atoms with Crippen LogP contribution in [0.15, 0.2) is 48.5 Å².